The van der Waals surface area contributed by atoms with Crippen LogP contribution in [0.4, 0.5) is 0 Å². The average Bonchev–Trinajstić information content (AvgIpc) is 2.30. The van der Waals surface area contributed by atoms with Crippen molar-refractivity contribution >= 4 is 21.8 Å². The molecule has 4 heteroatoms. The predicted octanol–water partition coefficient (Wildman–Crippen LogP) is 2.58. The Balaban J connectivity index is 2.51. The van der Waals surface area contributed by atoms with Crippen molar-refractivity contribution in [1.29, 1.82) is 0 Å². The van der Waals surface area contributed by atoms with Gasteiger partial charge in [-0.2, -0.15) is 0 Å². The maximum atomic E-state index is 12.2. The molecule has 1 aliphatic heterocycles. The second-order valence-corrected chi connectivity index (χ2v) is 5.32. The summed E-state index contributed by atoms with van der Waals surface area (Å²) in [7, 11) is 0. The van der Waals surface area contributed by atoms with Crippen LogP contribution >= 0.6 is 15.9 Å². The molecular formula is C12H22BrNO2. The van der Waals surface area contributed by atoms with Crippen molar-refractivity contribution in [3.05, 3.63) is 0 Å². The van der Waals surface area contributed by atoms with E-state index < -0.39 is 0 Å². The van der Waals surface area contributed by atoms with Crippen LogP contribution in [-0.2, 0) is 9.53 Å². The zero-order chi connectivity index (χ0) is 12.0. The fourth-order valence-electron chi connectivity index (χ4n) is 1.97. The van der Waals surface area contributed by atoms with Gasteiger partial charge in [0.15, 0.2) is 0 Å². The molecule has 0 N–H and O–H groups in total. The van der Waals surface area contributed by atoms with Gasteiger partial charge in [0.05, 0.1) is 0 Å². The summed E-state index contributed by atoms with van der Waals surface area (Å²) in [5.41, 5.74) is 0. The van der Waals surface area contributed by atoms with Gasteiger partial charge in [0, 0.05) is 24.5 Å². The lowest BCUT2D eigenvalue weighted by atomic mass is 10.1. The maximum Gasteiger partial charge on any atom is 0.251 e. The van der Waals surface area contributed by atoms with Crippen LogP contribution in [0.5, 0.6) is 0 Å². The second-order valence-electron chi connectivity index (χ2n) is 4.52. The Morgan fingerprint density at radius 3 is 2.75 bits per heavy atom. The first kappa shape index (κ1) is 14.0. The Morgan fingerprint density at radius 2 is 2.25 bits per heavy atom. The van der Waals surface area contributed by atoms with Gasteiger partial charge >= 0.3 is 0 Å². The largest absolute Gasteiger partial charge is 0.368 e. The van der Waals surface area contributed by atoms with Gasteiger partial charge in [0.2, 0.25) is 0 Å². The smallest absolute Gasteiger partial charge is 0.251 e. The Kier molecular flexibility index (Phi) is 6.36. The molecule has 0 aliphatic carbocycles. The van der Waals surface area contributed by atoms with E-state index in [1.54, 1.807) is 0 Å². The van der Waals surface area contributed by atoms with Gasteiger partial charge in [-0.25, -0.2) is 0 Å². The van der Waals surface area contributed by atoms with Crippen LogP contribution in [0, 0.1) is 0 Å². The summed E-state index contributed by atoms with van der Waals surface area (Å²) >= 11 is 3.40. The molecule has 1 atom stereocenters. The molecule has 16 heavy (non-hydrogen) atoms. The number of carbonyl (C=O) groups is 1. The maximum absolute atomic E-state index is 12.2. The standard InChI is InChI=1S/C12H22BrNO2/c1-10(2)14(8-5-7-13)12(15)11-6-3-4-9-16-11/h10-11H,3-9H2,1-2H3. The number of amides is 1. The van der Waals surface area contributed by atoms with Crippen molar-refractivity contribution in [2.24, 2.45) is 0 Å². The lowest BCUT2D eigenvalue weighted by molar-refractivity contribution is -0.148. The van der Waals surface area contributed by atoms with Crippen LogP contribution in [0.25, 0.3) is 0 Å². The average molecular weight is 292 g/mol. The minimum Gasteiger partial charge on any atom is -0.368 e. The molecule has 1 amide bonds. The van der Waals surface area contributed by atoms with Gasteiger partial charge in [-0.05, 0) is 39.5 Å². The van der Waals surface area contributed by atoms with Crippen LogP contribution < -0.4 is 0 Å². The molecule has 1 fully saturated rings. The van der Waals surface area contributed by atoms with Gasteiger partial charge in [0.1, 0.15) is 6.10 Å². The molecule has 1 heterocycles. The summed E-state index contributed by atoms with van der Waals surface area (Å²) in [6, 6.07) is 0.261. The summed E-state index contributed by atoms with van der Waals surface area (Å²) in [5.74, 6) is 0.177. The van der Waals surface area contributed by atoms with E-state index in [2.05, 4.69) is 29.8 Å². The third-order valence-electron chi connectivity index (χ3n) is 2.89. The lowest BCUT2D eigenvalue weighted by Gasteiger charge is -2.32. The molecule has 0 aromatic heterocycles. The van der Waals surface area contributed by atoms with Crippen LogP contribution in [0.2, 0.25) is 0 Å². The summed E-state index contributed by atoms with van der Waals surface area (Å²) in [4.78, 5) is 14.2. The zero-order valence-corrected chi connectivity index (χ0v) is 11.8. The van der Waals surface area contributed by atoms with Crippen molar-refractivity contribution in [2.75, 3.05) is 18.5 Å². The van der Waals surface area contributed by atoms with Crippen LogP contribution in [0.1, 0.15) is 39.5 Å². The molecule has 1 aliphatic rings. The number of hydrogen-bond acceptors (Lipinski definition) is 2. The van der Waals surface area contributed by atoms with E-state index in [9.17, 15) is 4.79 Å². The molecule has 0 radical (unpaired) electrons. The molecule has 0 aromatic carbocycles. The van der Waals surface area contributed by atoms with Gasteiger partial charge in [-0.1, -0.05) is 15.9 Å². The Hall–Kier alpha value is -0.0900. The molecule has 1 rings (SSSR count). The SMILES string of the molecule is CC(C)N(CCCBr)C(=O)C1CCCCO1. The molecule has 0 saturated carbocycles. The number of hydrogen-bond donors (Lipinski definition) is 0. The van der Waals surface area contributed by atoms with Crippen molar-refractivity contribution in [3.8, 4) is 0 Å². The third-order valence-corrected chi connectivity index (χ3v) is 3.45. The van der Waals surface area contributed by atoms with E-state index in [1.165, 1.54) is 0 Å². The molecular weight excluding hydrogens is 270 g/mol. The zero-order valence-electron chi connectivity index (χ0n) is 10.2. The number of alkyl halides is 1. The minimum atomic E-state index is -0.188. The van der Waals surface area contributed by atoms with Crippen LogP contribution in [-0.4, -0.2) is 41.4 Å². The summed E-state index contributed by atoms with van der Waals surface area (Å²) < 4.78 is 5.55. The predicted molar refractivity (Wildman–Crippen MR) is 68.9 cm³/mol. The first-order valence-corrected chi connectivity index (χ1v) is 7.27. The second kappa shape index (κ2) is 7.28. The fraction of sp³-hybridized carbons (Fsp3) is 0.917. The van der Waals surface area contributed by atoms with Crippen molar-refractivity contribution in [3.63, 3.8) is 0 Å². The third kappa shape index (κ3) is 4.06. The Labute approximate surface area is 107 Å². The minimum absolute atomic E-state index is 0.177. The first-order chi connectivity index (χ1) is 7.66. The highest BCUT2D eigenvalue weighted by Crippen LogP contribution is 2.16. The Morgan fingerprint density at radius 1 is 1.50 bits per heavy atom. The quantitative estimate of drug-likeness (QED) is 0.729. The first-order valence-electron chi connectivity index (χ1n) is 6.15. The molecule has 0 spiro atoms. The monoisotopic (exact) mass is 291 g/mol. The highest BCUT2D eigenvalue weighted by atomic mass is 79.9. The fourth-order valence-corrected chi connectivity index (χ4v) is 2.22. The molecule has 1 unspecified atom stereocenters. The molecule has 0 bridgehead atoms. The highest BCUT2D eigenvalue weighted by molar-refractivity contribution is 9.09. The van der Waals surface area contributed by atoms with Crippen LogP contribution in [0.15, 0.2) is 0 Å². The summed E-state index contributed by atoms with van der Waals surface area (Å²) in [6.45, 7) is 5.69. The van der Waals surface area contributed by atoms with Crippen molar-refractivity contribution in [1.82, 2.24) is 4.90 Å². The molecule has 3 nitrogen and oxygen atoms in total. The van der Waals surface area contributed by atoms with Gasteiger partial charge < -0.3 is 9.64 Å². The molecule has 1 saturated heterocycles. The van der Waals surface area contributed by atoms with E-state index in [4.69, 9.17) is 4.74 Å². The molecule has 0 aromatic rings. The van der Waals surface area contributed by atoms with E-state index in [1.807, 2.05) is 4.90 Å². The van der Waals surface area contributed by atoms with Gasteiger partial charge in [-0.15, -0.1) is 0 Å². The summed E-state index contributed by atoms with van der Waals surface area (Å²) in [5, 5.41) is 0.940. The number of nitrogens with zero attached hydrogens (tertiary/aromatic N) is 1. The molecule has 94 valence electrons. The van der Waals surface area contributed by atoms with E-state index in [0.717, 1.165) is 44.2 Å². The van der Waals surface area contributed by atoms with E-state index >= 15 is 0 Å². The van der Waals surface area contributed by atoms with Crippen LogP contribution in [0.3, 0.4) is 0 Å². The highest BCUT2D eigenvalue weighted by Gasteiger charge is 2.27. The normalized spacial score (nSPS) is 21.1. The van der Waals surface area contributed by atoms with Gasteiger partial charge in [-0.3, -0.25) is 4.79 Å². The van der Waals surface area contributed by atoms with Crippen molar-refractivity contribution in [2.45, 2.75) is 51.7 Å². The topological polar surface area (TPSA) is 29.5 Å². The number of rotatable bonds is 5. The van der Waals surface area contributed by atoms with E-state index in [-0.39, 0.29) is 18.1 Å². The van der Waals surface area contributed by atoms with Gasteiger partial charge in [0.25, 0.3) is 5.91 Å². The number of halogens is 1. The van der Waals surface area contributed by atoms with E-state index in [0.29, 0.717) is 0 Å². The summed E-state index contributed by atoms with van der Waals surface area (Å²) in [6.07, 6.45) is 3.90. The number of ether oxygens (including phenoxy) is 1. The number of carbonyl (C=O) groups excluding carboxylic acids is 1. The Bertz CT molecular complexity index is 215. The lowest BCUT2D eigenvalue weighted by Crippen LogP contribution is -2.45. The van der Waals surface area contributed by atoms with Crippen molar-refractivity contribution < 1.29 is 9.53 Å².